The van der Waals surface area contributed by atoms with Crippen LogP contribution in [0.4, 0.5) is 18.9 Å². The largest absolute Gasteiger partial charge is 0.435 e. The second kappa shape index (κ2) is 7.02. The van der Waals surface area contributed by atoms with Crippen LogP contribution in [-0.2, 0) is 11.9 Å². The van der Waals surface area contributed by atoms with Crippen LogP contribution in [0.3, 0.4) is 0 Å². The minimum Gasteiger partial charge on any atom is -0.319 e. The van der Waals surface area contributed by atoms with Gasteiger partial charge in [0.1, 0.15) is 0 Å². The van der Waals surface area contributed by atoms with E-state index >= 15 is 0 Å². The van der Waals surface area contributed by atoms with Gasteiger partial charge in [-0.1, -0.05) is 29.3 Å². The van der Waals surface area contributed by atoms with Crippen molar-refractivity contribution in [3.05, 3.63) is 63.5 Å². The van der Waals surface area contributed by atoms with Gasteiger partial charge in [-0.15, -0.1) is 0 Å². The number of carbonyl (C=O) groups is 1. The van der Waals surface area contributed by atoms with E-state index in [9.17, 15) is 18.0 Å². The predicted octanol–water partition coefficient (Wildman–Crippen LogP) is 5.34. The first-order valence-corrected chi connectivity index (χ1v) is 8.56. The van der Waals surface area contributed by atoms with Gasteiger partial charge in [-0.2, -0.15) is 25.8 Å². The third-order valence-corrected chi connectivity index (χ3v) is 4.53. The van der Waals surface area contributed by atoms with Crippen LogP contribution in [0.25, 0.3) is 5.65 Å². The average molecular weight is 420 g/mol. The Balaban J connectivity index is 2.09. The van der Waals surface area contributed by atoms with Crippen molar-refractivity contribution in [1.29, 1.82) is 0 Å². The minimum atomic E-state index is -4.64. The van der Waals surface area contributed by atoms with Gasteiger partial charge in [0.05, 0.1) is 27.0 Å². The van der Waals surface area contributed by atoms with Crippen molar-refractivity contribution < 1.29 is 18.0 Å². The molecule has 0 bridgehead atoms. The molecule has 0 radical (unpaired) electrons. The Morgan fingerprint density at radius 3 is 2.42 bits per heavy atom. The third-order valence-electron chi connectivity index (χ3n) is 3.61. The van der Waals surface area contributed by atoms with Gasteiger partial charge in [-0.25, -0.2) is 4.98 Å². The molecule has 0 spiro atoms. The molecule has 2 aromatic heterocycles. The fourth-order valence-electron chi connectivity index (χ4n) is 2.49. The number of halogens is 5. The van der Waals surface area contributed by atoms with Gasteiger partial charge in [0.15, 0.2) is 11.3 Å². The highest BCUT2D eigenvalue weighted by Crippen LogP contribution is 2.34. The van der Waals surface area contributed by atoms with Crippen LogP contribution in [-0.4, -0.2) is 15.3 Å². The number of benzene rings is 1. The monoisotopic (exact) mass is 419 g/mol. The molecule has 0 saturated heterocycles. The van der Waals surface area contributed by atoms with Gasteiger partial charge in [-0.05, 0) is 24.3 Å². The number of anilines is 1. The quantitative estimate of drug-likeness (QED) is 0.562. The summed E-state index contributed by atoms with van der Waals surface area (Å²) in [7, 11) is 0. The maximum atomic E-state index is 13.2. The van der Waals surface area contributed by atoms with Gasteiger partial charge in [0.25, 0.3) is 5.91 Å². The summed E-state index contributed by atoms with van der Waals surface area (Å²) in [5.74, 6) is -0.832. The lowest BCUT2D eigenvalue weighted by molar-refractivity contribution is -0.141. The molecule has 2 heterocycles. The fourth-order valence-corrected chi connectivity index (χ4v) is 3.36. The molecule has 4 nitrogen and oxygen atoms in total. The Hall–Kier alpha value is -1.90. The van der Waals surface area contributed by atoms with E-state index < -0.39 is 17.8 Å². The number of amides is 1. The lowest BCUT2D eigenvalue weighted by Crippen LogP contribution is -2.14. The Bertz CT molecular complexity index is 984. The summed E-state index contributed by atoms with van der Waals surface area (Å²) in [5.41, 5.74) is -1.12. The number of rotatable bonds is 3. The molecule has 3 aromatic rings. The maximum Gasteiger partial charge on any atom is 0.435 e. The Labute approximate surface area is 161 Å². The number of alkyl halides is 3. The Morgan fingerprint density at radius 2 is 1.85 bits per heavy atom. The molecule has 1 amide bonds. The van der Waals surface area contributed by atoms with E-state index in [1.807, 2.05) is 0 Å². The molecule has 0 fully saturated rings. The van der Waals surface area contributed by atoms with Gasteiger partial charge >= 0.3 is 6.18 Å². The van der Waals surface area contributed by atoms with Crippen LogP contribution in [0, 0.1) is 0 Å². The number of fused-ring (bicyclic) bond motifs is 1. The summed E-state index contributed by atoms with van der Waals surface area (Å²) in [6.07, 6.45) is -3.22. The van der Waals surface area contributed by atoms with Crippen molar-refractivity contribution in [3.8, 4) is 0 Å². The van der Waals surface area contributed by atoms with E-state index in [1.54, 1.807) is 6.07 Å². The molecule has 0 aliphatic heterocycles. The molecule has 1 N–H and O–H groups in total. The molecule has 0 saturated carbocycles. The van der Waals surface area contributed by atoms with Crippen molar-refractivity contribution >= 4 is 53.1 Å². The van der Waals surface area contributed by atoms with E-state index in [-0.39, 0.29) is 38.4 Å². The van der Waals surface area contributed by atoms with Crippen LogP contribution >= 0.6 is 35.8 Å². The average Bonchev–Trinajstić information content (AvgIpc) is 2.94. The Kier molecular flexibility index (Phi) is 5.09. The summed E-state index contributed by atoms with van der Waals surface area (Å²) in [6.45, 7) is 0. The fraction of sp³-hybridized carbons (Fsp3) is 0.125. The van der Waals surface area contributed by atoms with Gasteiger partial charge in [0, 0.05) is 11.9 Å². The zero-order valence-electron chi connectivity index (χ0n) is 12.8. The molecule has 0 aliphatic carbocycles. The lowest BCUT2D eigenvalue weighted by Gasteiger charge is -2.09. The highest BCUT2D eigenvalue weighted by Gasteiger charge is 2.37. The van der Waals surface area contributed by atoms with Crippen LogP contribution in [0.15, 0.2) is 36.5 Å². The number of carbonyl (C=O) groups excluding carboxylic acids is 1. The van der Waals surface area contributed by atoms with Crippen molar-refractivity contribution in [2.45, 2.75) is 11.9 Å². The van der Waals surface area contributed by atoms with Gasteiger partial charge < -0.3 is 9.72 Å². The first-order chi connectivity index (χ1) is 12.2. The van der Waals surface area contributed by atoms with Crippen molar-refractivity contribution in [3.63, 3.8) is 0 Å². The molecule has 26 heavy (non-hydrogen) atoms. The van der Waals surface area contributed by atoms with Crippen molar-refractivity contribution in [2.75, 3.05) is 5.32 Å². The van der Waals surface area contributed by atoms with Crippen LogP contribution in [0.2, 0.25) is 10.0 Å². The molecule has 10 heteroatoms. The molecule has 0 atom stereocenters. The maximum absolute atomic E-state index is 13.2. The van der Waals surface area contributed by atoms with E-state index in [0.29, 0.717) is 0 Å². The second-order valence-electron chi connectivity index (χ2n) is 5.23. The number of pyridine rings is 1. The number of nitrogens with one attached hydrogen (secondary N) is 1. The number of aromatic nitrogens is 2. The second-order valence-corrected chi connectivity index (χ2v) is 6.36. The minimum absolute atomic E-state index is 0.0230. The molecule has 1 aromatic carbocycles. The van der Waals surface area contributed by atoms with E-state index in [1.165, 1.54) is 34.9 Å². The normalized spacial score (nSPS) is 11.8. The topological polar surface area (TPSA) is 46.4 Å². The number of nitrogens with zero attached hydrogens (tertiary/aromatic N) is 2. The molecule has 0 unspecified atom stereocenters. The number of imidazole rings is 1. The molecule has 0 aliphatic rings. The van der Waals surface area contributed by atoms with Crippen molar-refractivity contribution in [2.24, 2.45) is 0 Å². The molecule has 3 rings (SSSR count). The number of hydrogen-bond donors (Lipinski definition) is 2. The molecular formula is C16H10Cl2F3N3OS. The number of hydrogen-bond acceptors (Lipinski definition) is 3. The first-order valence-electron chi connectivity index (χ1n) is 7.17. The predicted molar refractivity (Wildman–Crippen MR) is 97.3 cm³/mol. The lowest BCUT2D eigenvalue weighted by atomic mass is 10.2. The first kappa shape index (κ1) is 18.9. The molecular weight excluding hydrogens is 410 g/mol. The summed E-state index contributed by atoms with van der Waals surface area (Å²) >= 11 is 15.9. The Morgan fingerprint density at radius 1 is 1.19 bits per heavy atom. The summed E-state index contributed by atoms with van der Waals surface area (Å²) in [6, 6.07) is 7.48. The number of thiol groups is 1. The zero-order chi connectivity index (χ0) is 19.1. The highest BCUT2D eigenvalue weighted by molar-refractivity contribution is 7.79. The smallest absolute Gasteiger partial charge is 0.319 e. The van der Waals surface area contributed by atoms with Crippen LogP contribution in [0.5, 0.6) is 0 Å². The third kappa shape index (κ3) is 3.36. The summed E-state index contributed by atoms with van der Waals surface area (Å²) in [5, 5.41) is 2.76. The summed E-state index contributed by atoms with van der Waals surface area (Å²) in [4.78, 5) is 16.2. The van der Waals surface area contributed by atoms with E-state index in [4.69, 9.17) is 23.2 Å². The van der Waals surface area contributed by atoms with E-state index in [2.05, 4.69) is 22.9 Å². The molecule has 136 valence electrons. The summed E-state index contributed by atoms with van der Waals surface area (Å²) < 4.78 is 40.9. The zero-order valence-corrected chi connectivity index (χ0v) is 15.2. The van der Waals surface area contributed by atoms with Crippen LogP contribution < -0.4 is 5.32 Å². The standard InChI is InChI=1S/C16H10Cl2F3N3OS/c17-8-3-1-4-9(18)12(8)15(25)22-10-5-2-6-24-11(7-26)13(16(19,20)21)23-14(10)24/h1-6,26H,7H2,(H,22,25). The van der Waals surface area contributed by atoms with Crippen LogP contribution in [0.1, 0.15) is 21.7 Å². The van der Waals surface area contributed by atoms with Crippen molar-refractivity contribution in [1.82, 2.24) is 9.38 Å². The SMILES string of the molecule is O=C(Nc1cccn2c(CS)c(C(F)(F)F)nc12)c1c(Cl)cccc1Cl. The van der Waals surface area contributed by atoms with Gasteiger partial charge in [-0.3, -0.25) is 4.79 Å². The van der Waals surface area contributed by atoms with Gasteiger partial charge in [0.2, 0.25) is 0 Å². The van der Waals surface area contributed by atoms with E-state index in [0.717, 1.165) is 0 Å². The highest BCUT2D eigenvalue weighted by atomic mass is 35.5.